The number of hydrogen-bond donors (Lipinski definition) is 2. The Bertz CT molecular complexity index is 478. The normalized spacial score (nSPS) is 10.7. The Balaban J connectivity index is 1.91. The zero-order valence-electron chi connectivity index (χ0n) is 10.3. The van der Waals surface area contributed by atoms with E-state index in [9.17, 15) is 5.11 Å². The molecule has 1 aromatic carbocycles. The zero-order valence-corrected chi connectivity index (χ0v) is 10.3. The first-order valence-electron chi connectivity index (χ1n) is 6.15. The van der Waals surface area contributed by atoms with Gasteiger partial charge >= 0.3 is 0 Å². The van der Waals surface area contributed by atoms with Gasteiger partial charge in [-0.1, -0.05) is 17.3 Å². The molecule has 5 nitrogen and oxygen atoms in total. The first-order chi connectivity index (χ1) is 8.78. The predicted molar refractivity (Wildman–Crippen MR) is 69.2 cm³/mol. The Morgan fingerprint density at radius 3 is 2.67 bits per heavy atom. The molecule has 0 saturated carbocycles. The van der Waals surface area contributed by atoms with E-state index in [1.165, 1.54) is 0 Å². The smallest absolute Gasteiger partial charge is 0.115 e. The van der Waals surface area contributed by atoms with E-state index in [0.717, 1.165) is 37.1 Å². The molecule has 3 N–H and O–H groups in total. The van der Waals surface area contributed by atoms with Crippen LogP contribution in [0.2, 0.25) is 0 Å². The minimum absolute atomic E-state index is 0.278. The van der Waals surface area contributed by atoms with E-state index in [0.29, 0.717) is 6.54 Å². The van der Waals surface area contributed by atoms with E-state index < -0.39 is 0 Å². The summed E-state index contributed by atoms with van der Waals surface area (Å²) in [7, 11) is 0. The number of phenolic OH excluding ortho intramolecular Hbond substituents is 1. The van der Waals surface area contributed by atoms with Crippen LogP contribution in [0.25, 0.3) is 0 Å². The van der Waals surface area contributed by atoms with Gasteiger partial charge in [-0.05, 0) is 43.5 Å². The highest BCUT2D eigenvalue weighted by Crippen LogP contribution is 2.10. The fraction of sp³-hybridized carbons (Fsp3) is 0.385. The number of phenols is 1. The molecule has 0 aliphatic heterocycles. The van der Waals surface area contributed by atoms with E-state index in [1.807, 2.05) is 23.0 Å². The third kappa shape index (κ3) is 3.56. The van der Waals surface area contributed by atoms with Crippen LogP contribution in [-0.4, -0.2) is 26.6 Å². The molecule has 0 atom stereocenters. The number of hydrogen-bond acceptors (Lipinski definition) is 4. The van der Waals surface area contributed by atoms with Gasteiger partial charge in [0.15, 0.2) is 0 Å². The molecule has 0 amide bonds. The summed E-state index contributed by atoms with van der Waals surface area (Å²) in [5, 5.41) is 17.4. The summed E-state index contributed by atoms with van der Waals surface area (Å²) >= 11 is 0. The number of benzene rings is 1. The molecule has 2 rings (SSSR count). The van der Waals surface area contributed by atoms with Crippen LogP contribution in [0, 0.1) is 0 Å². The Morgan fingerprint density at radius 2 is 1.94 bits per heavy atom. The van der Waals surface area contributed by atoms with Crippen molar-refractivity contribution in [2.75, 3.05) is 6.54 Å². The number of nitrogens with two attached hydrogens (primary N) is 1. The summed E-state index contributed by atoms with van der Waals surface area (Å²) in [5.74, 6) is 0.278. The Labute approximate surface area is 106 Å². The first-order valence-corrected chi connectivity index (χ1v) is 6.15. The molecule has 1 heterocycles. The molecule has 0 saturated heterocycles. The third-order valence-electron chi connectivity index (χ3n) is 2.75. The highest BCUT2D eigenvalue weighted by Gasteiger charge is 2.01. The zero-order chi connectivity index (χ0) is 12.8. The SMILES string of the molecule is NCCCCc1cn(Cc2ccc(O)cc2)nn1. The molecule has 0 radical (unpaired) electrons. The second-order valence-corrected chi connectivity index (χ2v) is 4.32. The van der Waals surface area contributed by atoms with E-state index in [2.05, 4.69) is 10.3 Å². The monoisotopic (exact) mass is 246 g/mol. The number of aromatic hydroxyl groups is 1. The summed E-state index contributed by atoms with van der Waals surface area (Å²) in [5.41, 5.74) is 7.54. The number of aryl methyl sites for hydroxylation is 1. The van der Waals surface area contributed by atoms with Crippen LogP contribution in [0.1, 0.15) is 24.1 Å². The van der Waals surface area contributed by atoms with E-state index in [-0.39, 0.29) is 5.75 Å². The van der Waals surface area contributed by atoms with Gasteiger partial charge in [0.1, 0.15) is 5.75 Å². The third-order valence-corrected chi connectivity index (χ3v) is 2.75. The highest BCUT2D eigenvalue weighted by molar-refractivity contribution is 5.25. The molecule has 2 aromatic rings. The minimum atomic E-state index is 0.278. The van der Waals surface area contributed by atoms with Crippen molar-refractivity contribution in [3.8, 4) is 5.75 Å². The highest BCUT2D eigenvalue weighted by atomic mass is 16.3. The van der Waals surface area contributed by atoms with Gasteiger partial charge < -0.3 is 10.8 Å². The second kappa shape index (κ2) is 6.16. The average Bonchev–Trinajstić information content (AvgIpc) is 2.80. The van der Waals surface area contributed by atoms with Crippen molar-refractivity contribution in [3.63, 3.8) is 0 Å². The molecular weight excluding hydrogens is 228 g/mol. The average molecular weight is 246 g/mol. The summed E-state index contributed by atoms with van der Waals surface area (Å²) < 4.78 is 1.81. The van der Waals surface area contributed by atoms with Crippen LogP contribution in [0.4, 0.5) is 0 Å². The van der Waals surface area contributed by atoms with Crippen molar-refractivity contribution < 1.29 is 5.11 Å². The van der Waals surface area contributed by atoms with Crippen LogP contribution >= 0.6 is 0 Å². The van der Waals surface area contributed by atoms with Crippen LogP contribution in [-0.2, 0) is 13.0 Å². The van der Waals surface area contributed by atoms with Gasteiger partial charge in [-0.25, -0.2) is 4.68 Å². The van der Waals surface area contributed by atoms with Crippen molar-refractivity contribution in [3.05, 3.63) is 41.7 Å². The van der Waals surface area contributed by atoms with E-state index in [1.54, 1.807) is 12.1 Å². The molecular formula is C13H18N4O. The molecule has 0 spiro atoms. The molecule has 0 bridgehead atoms. The lowest BCUT2D eigenvalue weighted by Gasteiger charge is -2.00. The van der Waals surface area contributed by atoms with Gasteiger partial charge in [-0.2, -0.15) is 0 Å². The fourth-order valence-corrected chi connectivity index (χ4v) is 1.77. The Kier molecular flexibility index (Phi) is 4.30. The maximum atomic E-state index is 9.20. The van der Waals surface area contributed by atoms with Crippen molar-refractivity contribution in [2.45, 2.75) is 25.8 Å². The molecule has 18 heavy (non-hydrogen) atoms. The van der Waals surface area contributed by atoms with Crippen molar-refractivity contribution in [1.82, 2.24) is 15.0 Å². The minimum Gasteiger partial charge on any atom is -0.508 e. The number of aromatic nitrogens is 3. The largest absolute Gasteiger partial charge is 0.508 e. The van der Waals surface area contributed by atoms with Gasteiger partial charge in [0.2, 0.25) is 0 Å². The lowest BCUT2D eigenvalue weighted by atomic mass is 10.2. The Morgan fingerprint density at radius 1 is 1.17 bits per heavy atom. The second-order valence-electron chi connectivity index (χ2n) is 4.32. The maximum Gasteiger partial charge on any atom is 0.115 e. The lowest BCUT2D eigenvalue weighted by Crippen LogP contribution is -2.00. The summed E-state index contributed by atoms with van der Waals surface area (Å²) in [6, 6.07) is 7.11. The van der Waals surface area contributed by atoms with Gasteiger partial charge in [0.25, 0.3) is 0 Å². The van der Waals surface area contributed by atoms with Gasteiger partial charge in [-0.15, -0.1) is 5.10 Å². The fourth-order valence-electron chi connectivity index (χ4n) is 1.77. The molecule has 0 aliphatic carbocycles. The van der Waals surface area contributed by atoms with Crippen LogP contribution in [0.3, 0.4) is 0 Å². The lowest BCUT2D eigenvalue weighted by molar-refractivity contribution is 0.475. The van der Waals surface area contributed by atoms with Crippen LogP contribution in [0.5, 0.6) is 5.75 Å². The summed E-state index contributed by atoms with van der Waals surface area (Å²) in [4.78, 5) is 0. The molecule has 0 fully saturated rings. The van der Waals surface area contributed by atoms with Crippen molar-refractivity contribution >= 4 is 0 Å². The van der Waals surface area contributed by atoms with E-state index >= 15 is 0 Å². The Hall–Kier alpha value is -1.88. The van der Waals surface area contributed by atoms with Crippen molar-refractivity contribution in [2.24, 2.45) is 5.73 Å². The maximum absolute atomic E-state index is 9.20. The first kappa shape index (κ1) is 12.6. The van der Waals surface area contributed by atoms with Crippen LogP contribution in [0.15, 0.2) is 30.5 Å². The molecule has 1 aromatic heterocycles. The number of rotatable bonds is 6. The quantitative estimate of drug-likeness (QED) is 0.753. The molecule has 0 aliphatic rings. The topological polar surface area (TPSA) is 77.0 Å². The number of nitrogens with zero attached hydrogens (tertiary/aromatic N) is 3. The molecule has 0 unspecified atom stereocenters. The summed E-state index contributed by atoms with van der Waals surface area (Å²) in [6.07, 6.45) is 4.95. The predicted octanol–water partition coefficient (Wildman–Crippen LogP) is 1.31. The summed E-state index contributed by atoms with van der Waals surface area (Å²) in [6.45, 7) is 1.39. The van der Waals surface area contributed by atoms with Gasteiger partial charge in [0, 0.05) is 6.20 Å². The standard InChI is InChI=1S/C13H18N4O/c14-8-2-1-3-12-10-17(16-15-12)9-11-4-6-13(18)7-5-11/h4-7,10,18H,1-3,8-9,14H2. The molecule has 5 heteroatoms. The van der Waals surface area contributed by atoms with Gasteiger partial charge in [-0.3, -0.25) is 0 Å². The van der Waals surface area contributed by atoms with Crippen molar-refractivity contribution in [1.29, 1.82) is 0 Å². The van der Waals surface area contributed by atoms with Gasteiger partial charge in [0.05, 0.1) is 12.2 Å². The number of unbranched alkanes of at least 4 members (excludes halogenated alkanes) is 1. The van der Waals surface area contributed by atoms with E-state index in [4.69, 9.17) is 5.73 Å². The van der Waals surface area contributed by atoms with Crippen LogP contribution < -0.4 is 5.73 Å². The molecule has 96 valence electrons.